The first-order valence-electron chi connectivity index (χ1n) is 5.42. The number of rotatable bonds is 8. The van der Waals surface area contributed by atoms with Crippen LogP contribution in [0.4, 0.5) is 0 Å². The van der Waals surface area contributed by atoms with E-state index in [1.54, 1.807) is 6.92 Å². The zero-order chi connectivity index (χ0) is 10.1. The molecule has 13 heavy (non-hydrogen) atoms. The molecule has 1 N–H and O–H groups in total. The van der Waals surface area contributed by atoms with E-state index in [0.717, 1.165) is 6.61 Å². The smallest absolute Gasteiger partial charge is 0.0745 e. The lowest BCUT2D eigenvalue weighted by Gasteiger charge is -2.12. The van der Waals surface area contributed by atoms with Crippen molar-refractivity contribution in [2.24, 2.45) is 5.92 Å². The van der Waals surface area contributed by atoms with Crippen LogP contribution in [0.1, 0.15) is 46.5 Å². The van der Waals surface area contributed by atoms with Crippen molar-refractivity contribution in [3.8, 4) is 0 Å². The van der Waals surface area contributed by atoms with Crippen LogP contribution in [-0.2, 0) is 4.74 Å². The molecular formula is C11H24O2. The molecule has 2 unspecified atom stereocenters. The molecule has 0 amide bonds. The Kier molecular flexibility index (Phi) is 8.46. The van der Waals surface area contributed by atoms with Gasteiger partial charge in [0.2, 0.25) is 0 Å². The van der Waals surface area contributed by atoms with Crippen molar-refractivity contribution in [1.29, 1.82) is 0 Å². The van der Waals surface area contributed by atoms with E-state index in [1.807, 2.05) is 0 Å². The van der Waals surface area contributed by atoms with Gasteiger partial charge in [0.05, 0.1) is 12.7 Å². The number of unbranched alkanes of at least 4 members (excludes halogenated alkanes) is 2. The predicted octanol–water partition coefficient (Wildman–Crippen LogP) is 2.60. The molecule has 80 valence electrons. The lowest BCUT2D eigenvalue weighted by molar-refractivity contribution is 0.0303. The Labute approximate surface area is 82.3 Å². The zero-order valence-electron chi connectivity index (χ0n) is 9.25. The summed E-state index contributed by atoms with van der Waals surface area (Å²) in [5.41, 5.74) is 0. The average Bonchev–Trinajstić information content (AvgIpc) is 2.04. The maximum absolute atomic E-state index is 8.95. The minimum Gasteiger partial charge on any atom is -0.391 e. The minimum absolute atomic E-state index is 0.331. The van der Waals surface area contributed by atoms with Gasteiger partial charge in [-0.05, 0) is 19.3 Å². The Bertz CT molecular complexity index is 102. The maximum Gasteiger partial charge on any atom is 0.0745 e. The lowest BCUT2D eigenvalue weighted by Crippen LogP contribution is -2.14. The van der Waals surface area contributed by atoms with Crippen molar-refractivity contribution < 1.29 is 9.84 Å². The summed E-state index contributed by atoms with van der Waals surface area (Å²) in [5.74, 6) is 0.630. The molecule has 0 heterocycles. The quantitative estimate of drug-likeness (QED) is 0.593. The van der Waals surface area contributed by atoms with Gasteiger partial charge in [0.25, 0.3) is 0 Å². The SMILES string of the molecule is CCCCCC(C)COCC(C)O. The van der Waals surface area contributed by atoms with Gasteiger partial charge in [-0.25, -0.2) is 0 Å². The highest BCUT2D eigenvalue weighted by molar-refractivity contribution is 4.52. The van der Waals surface area contributed by atoms with Crippen LogP contribution < -0.4 is 0 Å². The fourth-order valence-electron chi connectivity index (χ4n) is 1.27. The highest BCUT2D eigenvalue weighted by Crippen LogP contribution is 2.09. The van der Waals surface area contributed by atoms with Crippen LogP contribution in [0.25, 0.3) is 0 Å². The van der Waals surface area contributed by atoms with E-state index < -0.39 is 0 Å². The first kappa shape index (κ1) is 12.9. The molecule has 0 aromatic heterocycles. The number of aliphatic hydroxyl groups is 1. The van der Waals surface area contributed by atoms with Crippen LogP contribution in [0.5, 0.6) is 0 Å². The first-order chi connectivity index (χ1) is 6.16. The lowest BCUT2D eigenvalue weighted by atomic mass is 10.0. The van der Waals surface area contributed by atoms with Crippen molar-refractivity contribution >= 4 is 0 Å². The Morgan fingerprint density at radius 1 is 1.15 bits per heavy atom. The second-order valence-corrected chi connectivity index (χ2v) is 3.99. The van der Waals surface area contributed by atoms with Crippen LogP contribution in [0.2, 0.25) is 0 Å². The van der Waals surface area contributed by atoms with Gasteiger partial charge >= 0.3 is 0 Å². The van der Waals surface area contributed by atoms with Crippen LogP contribution in [0, 0.1) is 5.92 Å². The second kappa shape index (κ2) is 8.52. The Morgan fingerprint density at radius 3 is 2.38 bits per heavy atom. The summed E-state index contributed by atoms with van der Waals surface area (Å²) >= 11 is 0. The molecule has 0 aromatic carbocycles. The zero-order valence-corrected chi connectivity index (χ0v) is 9.25. The Balaban J connectivity index is 3.15. The van der Waals surface area contributed by atoms with E-state index in [-0.39, 0.29) is 6.10 Å². The molecule has 0 aliphatic rings. The molecule has 0 rings (SSSR count). The molecule has 0 aliphatic heterocycles. The van der Waals surface area contributed by atoms with Crippen molar-refractivity contribution in [3.63, 3.8) is 0 Å². The van der Waals surface area contributed by atoms with Gasteiger partial charge in [0, 0.05) is 6.61 Å². The first-order valence-corrected chi connectivity index (χ1v) is 5.42. The van der Waals surface area contributed by atoms with Gasteiger partial charge in [0.1, 0.15) is 0 Å². The molecule has 2 atom stereocenters. The summed E-state index contributed by atoms with van der Waals surface area (Å²) in [6.07, 6.45) is 4.81. The van der Waals surface area contributed by atoms with Crippen molar-refractivity contribution in [1.82, 2.24) is 0 Å². The summed E-state index contributed by atoms with van der Waals surface area (Å²) in [5, 5.41) is 8.95. The number of hydrogen-bond acceptors (Lipinski definition) is 2. The average molecular weight is 188 g/mol. The second-order valence-electron chi connectivity index (χ2n) is 3.99. The van der Waals surface area contributed by atoms with Crippen molar-refractivity contribution in [2.45, 2.75) is 52.6 Å². The molecule has 0 saturated carbocycles. The molecular weight excluding hydrogens is 164 g/mol. The topological polar surface area (TPSA) is 29.5 Å². The molecule has 0 fully saturated rings. The third kappa shape index (κ3) is 9.84. The fraction of sp³-hybridized carbons (Fsp3) is 1.00. The molecule has 0 aromatic rings. The summed E-state index contributed by atoms with van der Waals surface area (Å²) in [6.45, 7) is 7.43. The van der Waals surface area contributed by atoms with E-state index in [0.29, 0.717) is 12.5 Å². The van der Waals surface area contributed by atoms with E-state index in [9.17, 15) is 0 Å². The molecule has 0 aliphatic carbocycles. The molecule has 0 spiro atoms. The molecule has 2 heteroatoms. The van der Waals surface area contributed by atoms with E-state index in [1.165, 1.54) is 25.7 Å². The fourth-order valence-corrected chi connectivity index (χ4v) is 1.27. The molecule has 0 radical (unpaired) electrons. The van der Waals surface area contributed by atoms with Gasteiger partial charge in [-0.15, -0.1) is 0 Å². The monoisotopic (exact) mass is 188 g/mol. The molecule has 0 saturated heterocycles. The van der Waals surface area contributed by atoms with Crippen LogP contribution in [-0.4, -0.2) is 24.4 Å². The van der Waals surface area contributed by atoms with Gasteiger partial charge < -0.3 is 9.84 Å². The normalized spacial score (nSPS) is 15.7. The van der Waals surface area contributed by atoms with Gasteiger partial charge in [-0.3, -0.25) is 0 Å². The standard InChI is InChI=1S/C11H24O2/c1-4-5-6-7-10(2)8-13-9-11(3)12/h10-12H,4-9H2,1-3H3. The van der Waals surface area contributed by atoms with Crippen molar-refractivity contribution in [3.05, 3.63) is 0 Å². The largest absolute Gasteiger partial charge is 0.391 e. The van der Waals surface area contributed by atoms with E-state index >= 15 is 0 Å². The van der Waals surface area contributed by atoms with Crippen LogP contribution in [0.3, 0.4) is 0 Å². The van der Waals surface area contributed by atoms with Crippen LogP contribution >= 0.6 is 0 Å². The minimum atomic E-state index is -0.331. The Morgan fingerprint density at radius 2 is 1.85 bits per heavy atom. The third-order valence-corrected chi connectivity index (χ3v) is 2.06. The predicted molar refractivity (Wildman–Crippen MR) is 55.8 cm³/mol. The Hall–Kier alpha value is -0.0800. The summed E-state index contributed by atoms with van der Waals surface area (Å²) in [7, 11) is 0. The summed E-state index contributed by atoms with van der Waals surface area (Å²) in [6, 6.07) is 0. The number of ether oxygens (including phenoxy) is 1. The molecule has 2 nitrogen and oxygen atoms in total. The number of aliphatic hydroxyl groups excluding tert-OH is 1. The molecule has 0 bridgehead atoms. The summed E-state index contributed by atoms with van der Waals surface area (Å²) in [4.78, 5) is 0. The van der Waals surface area contributed by atoms with Crippen molar-refractivity contribution in [2.75, 3.05) is 13.2 Å². The highest BCUT2D eigenvalue weighted by atomic mass is 16.5. The highest BCUT2D eigenvalue weighted by Gasteiger charge is 2.02. The van der Waals surface area contributed by atoms with E-state index in [2.05, 4.69) is 13.8 Å². The summed E-state index contributed by atoms with van der Waals surface area (Å²) < 4.78 is 5.34. The van der Waals surface area contributed by atoms with Gasteiger partial charge in [-0.1, -0.05) is 33.1 Å². The van der Waals surface area contributed by atoms with Gasteiger partial charge in [-0.2, -0.15) is 0 Å². The third-order valence-electron chi connectivity index (χ3n) is 2.06. The van der Waals surface area contributed by atoms with E-state index in [4.69, 9.17) is 9.84 Å². The number of hydrogen-bond donors (Lipinski definition) is 1. The van der Waals surface area contributed by atoms with Gasteiger partial charge in [0.15, 0.2) is 0 Å². The maximum atomic E-state index is 8.95. The van der Waals surface area contributed by atoms with Crippen LogP contribution in [0.15, 0.2) is 0 Å².